The van der Waals surface area contributed by atoms with E-state index in [-0.39, 0.29) is 34.0 Å². The Bertz CT molecular complexity index is 1230. The molecule has 0 aromatic carbocycles. The van der Waals surface area contributed by atoms with Crippen molar-refractivity contribution < 1.29 is 31.0 Å². The first-order valence-electron chi connectivity index (χ1n) is 13.0. The normalized spacial score (nSPS) is 27.7. The average Bonchev–Trinajstić information content (AvgIpc) is 3.39. The van der Waals surface area contributed by atoms with Gasteiger partial charge in [-0.1, -0.05) is 46.8 Å². The summed E-state index contributed by atoms with van der Waals surface area (Å²) in [4.78, 5) is 14.4. The number of carbonyl (C=O) groups is 1. The average molecular weight is 604 g/mol. The first-order chi connectivity index (χ1) is 17.5. The van der Waals surface area contributed by atoms with Gasteiger partial charge in [-0.15, -0.1) is 5.10 Å². The number of amides is 1. The van der Waals surface area contributed by atoms with Crippen LogP contribution in [0.1, 0.15) is 58.3 Å². The molecule has 1 aromatic heterocycles. The Hall–Kier alpha value is -1.63. The number of hydrogen-bond donors (Lipinski definition) is 1. The molecule has 0 saturated carbocycles. The third-order valence-electron chi connectivity index (χ3n) is 8.51. The Morgan fingerprint density at radius 3 is 2.15 bits per heavy atom. The molecule has 0 bridgehead atoms. The van der Waals surface area contributed by atoms with Gasteiger partial charge in [0.2, 0.25) is 0 Å². The van der Waals surface area contributed by atoms with Crippen LogP contribution >= 0.6 is 0 Å². The Kier molecular flexibility index (Phi) is 8.20. The molecule has 2 aliphatic rings. The van der Waals surface area contributed by atoms with Crippen LogP contribution in [0, 0.1) is 0 Å². The van der Waals surface area contributed by atoms with Crippen LogP contribution < -0.4 is 5.73 Å². The summed E-state index contributed by atoms with van der Waals surface area (Å²) in [7, 11) is -5.83. The highest BCUT2D eigenvalue weighted by Crippen LogP contribution is 2.52. The molecule has 2 aliphatic heterocycles. The molecule has 12 nitrogen and oxygen atoms in total. The first-order valence-corrected chi connectivity index (χ1v) is 20.3. The van der Waals surface area contributed by atoms with Gasteiger partial charge in [-0.25, -0.2) is 8.86 Å². The van der Waals surface area contributed by atoms with E-state index in [1.807, 2.05) is 13.1 Å². The van der Waals surface area contributed by atoms with Gasteiger partial charge in [0.1, 0.15) is 17.9 Å². The molecule has 1 spiro atoms. The Morgan fingerprint density at radius 1 is 1.13 bits per heavy atom. The van der Waals surface area contributed by atoms with Crippen molar-refractivity contribution in [1.82, 2.24) is 19.9 Å². The van der Waals surface area contributed by atoms with Crippen LogP contribution in [-0.4, -0.2) is 89.4 Å². The second-order valence-electron chi connectivity index (χ2n) is 13.6. The fraction of sp³-hybridized carbons (Fsp3) is 0.792. The molecule has 3 rings (SSSR count). The third kappa shape index (κ3) is 5.76. The highest BCUT2D eigenvalue weighted by Gasteiger charge is 2.67. The summed E-state index contributed by atoms with van der Waals surface area (Å²) >= 11 is 0. The molecule has 0 aliphatic carbocycles. The number of nitrogens with two attached hydrogens (primary N) is 1. The summed E-state index contributed by atoms with van der Waals surface area (Å²) in [6.45, 7) is 20.8. The number of aromatic nitrogens is 3. The van der Waals surface area contributed by atoms with Crippen molar-refractivity contribution in [3.05, 3.63) is 23.0 Å². The van der Waals surface area contributed by atoms with E-state index in [1.165, 1.54) is 15.8 Å². The summed E-state index contributed by atoms with van der Waals surface area (Å²) in [5.41, 5.74) is 4.87. The van der Waals surface area contributed by atoms with E-state index in [2.05, 4.69) is 64.9 Å². The van der Waals surface area contributed by atoms with Crippen LogP contribution in [-0.2, 0) is 27.9 Å². The van der Waals surface area contributed by atoms with Crippen LogP contribution in [0.2, 0.25) is 36.3 Å². The fourth-order valence-corrected chi connectivity index (χ4v) is 7.51. The predicted molar refractivity (Wildman–Crippen MR) is 152 cm³/mol. The maximum absolute atomic E-state index is 13.0. The fourth-order valence-electron chi connectivity index (χ4n) is 4.00. The second-order valence-corrected chi connectivity index (χ2v) is 24.5. The van der Waals surface area contributed by atoms with Crippen LogP contribution in [0.4, 0.5) is 0 Å². The summed E-state index contributed by atoms with van der Waals surface area (Å²) in [6.07, 6.45) is -1.79. The van der Waals surface area contributed by atoms with E-state index in [1.54, 1.807) is 14.1 Å². The Labute approximate surface area is 234 Å². The molecule has 1 saturated heterocycles. The maximum atomic E-state index is 13.0. The van der Waals surface area contributed by atoms with Crippen molar-refractivity contribution in [3.63, 3.8) is 0 Å². The Balaban J connectivity index is 2.21. The topological polar surface area (TPSA) is 148 Å². The molecule has 1 fully saturated rings. The van der Waals surface area contributed by atoms with E-state index in [0.717, 1.165) is 5.41 Å². The SMILES string of the molecule is CN(C)C(=O)c1cnnn1C1OC(CO[Si](C)(C)C(C)(C)C)C2(OS(=O)(=O)C=C2N)C1O[Si](C)(C)C(C)(C)C. The zero-order valence-corrected chi connectivity index (χ0v) is 28.0. The van der Waals surface area contributed by atoms with Gasteiger partial charge in [-0.05, 0) is 36.3 Å². The minimum atomic E-state index is -4.15. The maximum Gasteiger partial charge on any atom is 0.292 e. The lowest BCUT2D eigenvalue weighted by molar-refractivity contribution is -0.0603. The van der Waals surface area contributed by atoms with Crippen molar-refractivity contribution >= 4 is 32.7 Å². The molecule has 3 heterocycles. The van der Waals surface area contributed by atoms with Gasteiger partial charge in [-0.3, -0.25) is 4.79 Å². The van der Waals surface area contributed by atoms with Crippen molar-refractivity contribution in [2.45, 2.75) is 102 Å². The molecule has 222 valence electrons. The van der Waals surface area contributed by atoms with Gasteiger partial charge in [0.05, 0.1) is 23.9 Å². The molecule has 2 N–H and O–H groups in total. The van der Waals surface area contributed by atoms with E-state index >= 15 is 0 Å². The Morgan fingerprint density at radius 2 is 1.69 bits per heavy atom. The highest BCUT2D eigenvalue weighted by atomic mass is 32.2. The standard InChI is InChI=1S/C24H45N5O7SSi2/c1-22(2,3)38(9,10)33-14-18-24(17(25)15-37(31,32)36-24)19(35-39(11,12)23(4,5)6)21(34-18)29-16(13-26-27-29)20(30)28(7)8/h13,15,18-19,21H,14,25H2,1-12H3. The van der Waals surface area contributed by atoms with Crippen LogP contribution in [0.15, 0.2) is 17.3 Å². The lowest BCUT2D eigenvalue weighted by Gasteiger charge is -2.43. The van der Waals surface area contributed by atoms with Crippen molar-refractivity contribution in [2.24, 2.45) is 5.73 Å². The lowest BCUT2D eigenvalue weighted by Crippen LogP contribution is -2.59. The van der Waals surface area contributed by atoms with Crippen LogP contribution in [0.25, 0.3) is 0 Å². The molecule has 4 unspecified atom stereocenters. The zero-order chi connectivity index (χ0) is 30.0. The van der Waals surface area contributed by atoms with E-state index in [9.17, 15) is 13.2 Å². The molecule has 0 radical (unpaired) electrons. The van der Waals surface area contributed by atoms with Gasteiger partial charge in [0.15, 0.2) is 28.5 Å². The molecule has 1 aromatic rings. The van der Waals surface area contributed by atoms with E-state index < -0.39 is 50.8 Å². The lowest BCUT2D eigenvalue weighted by atomic mass is 9.89. The molecule has 39 heavy (non-hydrogen) atoms. The minimum Gasteiger partial charge on any atom is -0.414 e. The molecule has 4 atom stereocenters. The zero-order valence-electron chi connectivity index (χ0n) is 25.2. The number of hydrogen-bond acceptors (Lipinski definition) is 10. The second kappa shape index (κ2) is 10.0. The van der Waals surface area contributed by atoms with E-state index in [4.69, 9.17) is 23.5 Å². The van der Waals surface area contributed by atoms with Gasteiger partial charge < -0.3 is 24.2 Å². The summed E-state index contributed by atoms with van der Waals surface area (Å²) < 4.78 is 52.8. The van der Waals surface area contributed by atoms with Gasteiger partial charge >= 0.3 is 0 Å². The van der Waals surface area contributed by atoms with Gasteiger partial charge in [0.25, 0.3) is 16.0 Å². The summed E-state index contributed by atoms with van der Waals surface area (Å²) in [5, 5.41) is 8.68. The van der Waals surface area contributed by atoms with Gasteiger partial charge in [-0.2, -0.15) is 8.42 Å². The quantitative estimate of drug-likeness (QED) is 0.364. The van der Waals surface area contributed by atoms with E-state index in [0.29, 0.717) is 0 Å². The third-order valence-corrected chi connectivity index (χ3v) is 18.5. The van der Waals surface area contributed by atoms with Crippen molar-refractivity contribution in [1.29, 1.82) is 0 Å². The van der Waals surface area contributed by atoms with Crippen LogP contribution in [0.3, 0.4) is 0 Å². The number of carbonyl (C=O) groups excluding carboxylic acids is 1. The predicted octanol–water partition coefficient (Wildman–Crippen LogP) is 3.19. The summed E-state index contributed by atoms with van der Waals surface area (Å²) in [6, 6.07) is 0. The minimum absolute atomic E-state index is 0.0000711. The van der Waals surface area contributed by atoms with Crippen molar-refractivity contribution in [2.75, 3.05) is 20.7 Å². The molecular formula is C24H45N5O7SSi2. The number of rotatable bonds is 7. The molecular weight excluding hydrogens is 559 g/mol. The first kappa shape index (κ1) is 31.9. The molecule has 15 heteroatoms. The number of nitrogens with zero attached hydrogens (tertiary/aromatic N) is 4. The molecule has 1 amide bonds. The number of ether oxygens (including phenoxy) is 1. The monoisotopic (exact) mass is 603 g/mol. The highest BCUT2D eigenvalue weighted by molar-refractivity contribution is 7.90. The van der Waals surface area contributed by atoms with Gasteiger partial charge in [0, 0.05) is 14.1 Å². The van der Waals surface area contributed by atoms with Crippen LogP contribution in [0.5, 0.6) is 0 Å². The van der Waals surface area contributed by atoms with Crippen molar-refractivity contribution in [3.8, 4) is 0 Å². The largest absolute Gasteiger partial charge is 0.414 e. The summed E-state index contributed by atoms with van der Waals surface area (Å²) in [5.74, 6) is -0.354. The smallest absolute Gasteiger partial charge is 0.292 e.